The van der Waals surface area contributed by atoms with Crippen LogP contribution in [0, 0.1) is 6.92 Å². The van der Waals surface area contributed by atoms with Crippen LogP contribution in [0.2, 0.25) is 0 Å². The Bertz CT molecular complexity index is 1270. The second-order valence-corrected chi connectivity index (χ2v) is 7.38. The monoisotopic (exact) mass is 440 g/mol. The molecule has 3 aromatic carbocycles. The van der Waals surface area contributed by atoms with Crippen LogP contribution in [0.25, 0.3) is 11.3 Å². The van der Waals surface area contributed by atoms with Crippen molar-refractivity contribution >= 4 is 23.1 Å². The summed E-state index contributed by atoms with van der Waals surface area (Å²) in [5.74, 6) is 1.53. The van der Waals surface area contributed by atoms with Crippen molar-refractivity contribution in [2.75, 3.05) is 24.9 Å². The third kappa shape index (κ3) is 5.27. The number of amides is 1. The Morgan fingerprint density at radius 2 is 1.61 bits per heavy atom. The highest BCUT2D eigenvalue weighted by Crippen LogP contribution is 2.30. The van der Waals surface area contributed by atoms with E-state index < -0.39 is 0 Å². The molecule has 166 valence electrons. The molecule has 0 aliphatic heterocycles. The smallest absolute Gasteiger partial charge is 0.255 e. The molecule has 1 aromatic heterocycles. The molecule has 4 aromatic rings. The Morgan fingerprint density at radius 3 is 2.36 bits per heavy atom. The van der Waals surface area contributed by atoms with Gasteiger partial charge >= 0.3 is 0 Å². The van der Waals surface area contributed by atoms with Crippen molar-refractivity contribution in [1.82, 2.24) is 9.97 Å². The molecule has 1 amide bonds. The summed E-state index contributed by atoms with van der Waals surface area (Å²) >= 11 is 0. The molecule has 0 aliphatic rings. The SMILES string of the molecule is COc1ccc(NC(=O)c2cccc(Nc3cc(-c4ccc(C)cc4)ncn3)c2)cc1OC. The fourth-order valence-corrected chi connectivity index (χ4v) is 3.31. The number of benzene rings is 3. The van der Waals surface area contributed by atoms with Crippen LogP contribution >= 0.6 is 0 Å². The zero-order valence-electron chi connectivity index (χ0n) is 18.6. The maximum Gasteiger partial charge on any atom is 0.255 e. The van der Waals surface area contributed by atoms with Gasteiger partial charge in [0.05, 0.1) is 19.9 Å². The number of ether oxygens (including phenoxy) is 2. The van der Waals surface area contributed by atoms with Gasteiger partial charge in [-0.25, -0.2) is 9.97 Å². The number of hydrogen-bond acceptors (Lipinski definition) is 6. The minimum atomic E-state index is -0.242. The summed E-state index contributed by atoms with van der Waals surface area (Å²) < 4.78 is 10.5. The summed E-state index contributed by atoms with van der Waals surface area (Å²) in [6, 6.07) is 22.4. The number of aromatic nitrogens is 2. The van der Waals surface area contributed by atoms with Crippen molar-refractivity contribution in [1.29, 1.82) is 0 Å². The van der Waals surface area contributed by atoms with Gasteiger partial charge in [0, 0.05) is 34.6 Å². The van der Waals surface area contributed by atoms with Crippen LogP contribution in [0.1, 0.15) is 15.9 Å². The number of methoxy groups -OCH3 is 2. The van der Waals surface area contributed by atoms with E-state index >= 15 is 0 Å². The number of hydrogen-bond donors (Lipinski definition) is 2. The van der Waals surface area contributed by atoms with Crippen molar-refractivity contribution in [3.05, 3.63) is 90.3 Å². The molecular formula is C26H24N4O3. The molecule has 2 N–H and O–H groups in total. The molecular weight excluding hydrogens is 416 g/mol. The normalized spacial score (nSPS) is 10.4. The number of carbonyl (C=O) groups excluding carboxylic acids is 1. The van der Waals surface area contributed by atoms with Gasteiger partial charge in [-0.05, 0) is 37.3 Å². The first-order valence-corrected chi connectivity index (χ1v) is 10.4. The van der Waals surface area contributed by atoms with Crippen molar-refractivity contribution in [3.63, 3.8) is 0 Å². The highest BCUT2D eigenvalue weighted by Gasteiger charge is 2.10. The van der Waals surface area contributed by atoms with E-state index in [0.29, 0.717) is 28.6 Å². The number of anilines is 3. The Hall–Kier alpha value is -4.39. The molecule has 0 aliphatic carbocycles. The molecule has 1 heterocycles. The van der Waals surface area contributed by atoms with Gasteiger partial charge in [-0.15, -0.1) is 0 Å². The average molecular weight is 441 g/mol. The summed E-state index contributed by atoms with van der Waals surface area (Å²) in [5, 5.41) is 6.13. The van der Waals surface area contributed by atoms with Gasteiger partial charge in [-0.2, -0.15) is 0 Å². The van der Waals surface area contributed by atoms with Crippen LogP contribution in [0.15, 0.2) is 79.1 Å². The van der Waals surface area contributed by atoms with Crippen molar-refractivity contribution in [2.24, 2.45) is 0 Å². The second-order valence-electron chi connectivity index (χ2n) is 7.38. The van der Waals surface area contributed by atoms with Gasteiger partial charge in [0.1, 0.15) is 12.1 Å². The fourth-order valence-electron chi connectivity index (χ4n) is 3.31. The highest BCUT2D eigenvalue weighted by molar-refractivity contribution is 6.05. The molecule has 4 rings (SSSR count). The van der Waals surface area contributed by atoms with Crippen molar-refractivity contribution in [3.8, 4) is 22.8 Å². The molecule has 7 nitrogen and oxygen atoms in total. The largest absolute Gasteiger partial charge is 0.493 e. The van der Waals surface area contributed by atoms with Crippen LogP contribution in [-0.2, 0) is 0 Å². The summed E-state index contributed by atoms with van der Waals surface area (Å²) in [4.78, 5) is 21.5. The first kappa shape index (κ1) is 21.8. The summed E-state index contributed by atoms with van der Waals surface area (Å²) in [7, 11) is 3.12. The molecule has 0 spiro atoms. The number of aryl methyl sites for hydroxylation is 1. The van der Waals surface area contributed by atoms with E-state index in [0.717, 1.165) is 16.9 Å². The van der Waals surface area contributed by atoms with E-state index in [-0.39, 0.29) is 5.91 Å². The first-order chi connectivity index (χ1) is 16.1. The molecule has 0 fully saturated rings. The molecule has 0 saturated carbocycles. The zero-order valence-corrected chi connectivity index (χ0v) is 18.6. The Kier molecular flexibility index (Phi) is 6.50. The van der Waals surface area contributed by atoms with Crippen LogP contribution in [0.3, 0.4) is 0 Å². The van der Waals surface area contributed by atoms with Gasteiger partial charge in [0.25, 0.3) is 5.91 Å². The topological polar surface area (TPSA) is 85.4 Å². The zero-order chi connectivity index (χ0) is 23.2. The predicted molar refractivity (Wildman–Crippen MR) is 129 cm³/mol. The molecule has 0 unspecified atom stereocenters. The lowest BCUT2D eigenvalue weighted by molar-refractivity contribution is 0.102. The number of nitrogens with one attached hydrogen (secondary N) is 2. The predicted octanol–water partition coefficient (Wildman–Crippen LogP) is 5.47. The van der Waals surface area contributed by atoms with Crippen LogP contribution in [0.5, 0.6) is 11.5 Å². The van der Waals surface area contributed by atoms with Gasteiger partial charge in [0.15, 0.2) is 11.5 Å². The quantitative estimate of drug-likeness (QED) is 0.397. The lowest BCUT2D eigenvalue weighted by Gasteiger charge is -2.12. The third-order valence-electron chi connectivity index (χ3n) is 5.05. The van der Waals surface area contributed by atoms with Crippen molar-refractivity contribution < 1.29 is 14.3 Å². The van der Waals surface area contributed by atoms with Crippen LogP contribution < -0.4 is 20.1 Å². The average Bonchev–Trinajstić information content (AvgIpc) is 2.84. The number of nitrogens with zero attached hydrogens (tertiary/aromatic N) is 2. The number of carbonyl (C=O) groups is 1. The Balaban J connectivity index is 1.50. The van der Waals surface area contributed by atoms with Crippen molar-refractivity contribution in [2.45, 2.75) is 6.92 Å². The minimum absolute atomic E-state index is 0.242. The molecule has 0 radical (unpaired) electrons. The van der Waals surface area contributed by atoms with E-state index in [2.05, 4.69) is 20.6 Å². The molecule has 0 atom stereocenters. The Labute approximate surface area is 192 Å². The van der Waals surface area contributed by atoms with E-state index in [1.807, 2.05) is 49.4 Å². The lowest BCUT2D eigenvalue weighted by atomic mass is 10.1. The summed E-state index contributed by atoms with van der Waals surface area (Å²) in [6.07, 6.45) is 1.52. The first-order valence-electron chi connectivity index (χ1n) is 10.4. The summed E-state index contributed by atoms with van der Waals surface area (Å²) in [5.41, 5.74) is 4.86. The minimum Gasteiger partial charge on any atom is -0.493 e. The maximum absolute atomic E-state index is 12.8. The van der Waals surface area contributed by atoms with Gasteiger partial charge in [-0.1, -0.05) is 35.9 Å². The molecule has 33 heavy (non-hydrogen) atoms. The van der Waals surface area contributed by atoms with Gasteiger partial charge < -0.3 is 20.1 Å². The molecule has 0 saturated heterocycles. The maximum atomic E-state index is 12.8. The van der Waals surface area contributed by atoms with Crippen LogP contribution in [-0.4, -0.2) is 30.1 Å². The lowest BCUT2D eigenvalue weighted by Crippen LogP contribution is -2.12. The molecule has 0 bridgehead atoms. The van der Waals surface area contributed by atoms with Gasteiger partial charge in [0.2, 0.25) is 0 Å². The number of rotatable bonds is 7. The molecule has 7 heteroatoms. The van der Waals surface area contributed by atoms with E-state index in [1.54, 1.807) is 44.6 Å². The fraction of sp³-hybridized carbons (Fsp3) is 0.115. The van der Waals surface area contributed by atoms with E-state index in [1.165, 1.54) is 11.9 Å². The van der Waals surface area contributed by atoms with E-state index in [9.17, 15) is 4.79 Å². The standard InChI is InChI=1S/C26H24N4O3/c1-17-7-9-18(10-8-17)22-15-25(28-16-27-22)29-20-6-4-5-19(13-20)26(31)30-21-11-12-23(32-2)24(14-21)33-3/h4-16H,1-3H3,(H,30,31)(H,27,28,29). The van der Waals surface area contributed by atoms with Crippen LogP contribution in [0.4, 0.5) is 17.2 Å². The Morgan fingerprint density at radius 1 is 0.818 bits per heavy atom. The van der Waals surface area contributed by atoms with Gasteiger partial charge in [-0.3, -0.25) is 4.79 Å². The van der Waals surface area contributed by atoms with E-state index in [4.69, 9.17) is 9.47 Å². The highest BCUT2D eigenvalue weighted by atomic mass is 16.5. The third-order valence-corrected chi connectivity index (χ3v) is 5.05. The summed E-state index contributed by atoms with van der Waals surface area (Å²) in [6.45, 7) is 2.05. The second kappa shape index (κ2) is 9.82.